The van der Waals surface area contributed by atoms with E-state index >= 15 is 0 Å². The number of nitrogens with zero attached hydrogens (tertiary/aromatic N) is 5. The summed E-state index contributed by atoms with van der Waals surface area (Å²) >= 11 is 0. The minimum Gasteiger partial charge on any atom is -0.337 e. The molecule has 6 heteroatoms. The third-order valence-electron chi connectivity index (χ3n) is 5.48. The largest absolute Gasteiger partial charge is 0.337 e. The first kappa shape index (κ1) is 20.6. The van der Waals surface area contributed by atoms with Crippen LogP contribution in [0.1, 0.15) is 36.2 Å². The highest BCUT2D eigenvalue weighted by atomic mass is 16.2. The molecule has 0 spiro atoms. The second-order valence-corrected chi connectivity index (χ2v) is 7.50. The third kappa shape index (κ3) is 5.66. The lowest BCUT2D eigenvalue weighted by atomic mass is 10.1. The number of rotatable bonds is 9. The summed E-state index contributed by atoms with van der Waals surface area (Å²) in [4.78, 5) is 24.2. The maximum absolute atomic E-state index is 13.1. The van der Waals surface area contributed by atoms with Gasteiger partial charge in [0.2, 0.25) is 0 Å². The van der Waals surface area contributed by atoms with E-state index in [1.54, 1.807) is 12.5 Å². The van der Waals surface area contributed by atoms with Gasteiger partial charge in [0.05, 0.1) is 6.33 Å². The SMILES string of the molecule is CCCN(CCN1CCN(CC)CC1)C(=O)c1cccc(Cn2ccnc2)c1. The molecule has 0 aliphatic carbocycles. The summed E-state index contributed by atoms with van der Waals surface area (Å²) in [6, 6.07) is 8.00. The Morgan fingerprint density at radius 1 is 1.11 bits per heavy atom. The third-order valence-corrected chi connectivity index (χ3v) is 5.48. The molecule has 0 saturated carbocycles. The van der Waals surface area contributed by atoms with Gasteiger partial charge in [-0.2, -0.15) is 0 Å². The minimum absolute atomic E-state index is 0.140. The van der Waals surface area contributed by atoms with Gasteiger partial charge in [-0.05, 0) is 30.7 Å². The molecule has 0 atom stereocenters. The first-order valence-corrected chi connectivity index (χ1v) is 10.5. The molecule has 0 radical (unpaired) electrons. The fourth-order valence-corrected chi connectivity index (χ4v) is 3.75. The molecule has 3 rings (SSSR count). The van der Waals surface area contributed by atoms with Gasteiger partial charge in [-0.15, -0.1) is 0 Å². The molecule has 6 nitrogen and oxygen atoms in total. The number of hydrogen-bond acceptors (Lipinski definition) is 4. The van der Waals surface area contributed by atoms with Crippen molar-refractivity contribution in [2.45, 2.75) is 26.8 Å². The standard InChI is InChI=1S/C22H33N5O/c1-3-9-27(16-15-25-13-11-24(4-2)12-14-25)22(28)21-7-5-6-20(17-21)18-26-10-8-23-19-26/h5-8,10,17,19H,3-4,9,11-16,18H2,1-2H3. The van der Waals surface area contributed by atoms with Crippen LogP contribution in [0, 0.1) is 0 Å². The number of amides is 1. The molecule has 2 aromatic rings. The van der Waals surface area contributed by atoms with Crippen LogP contribution in [0.3, 0.4) is 0 Å². The average molecular weight is 384 g/mol. The van der Waals surface area contributed by atoms with E-state index in [1.807, 2.05) is 33.9 Å². The van der Waals surface area contributed by atoms with Crippen LogP contribution in [0.15, 0.2) is 43.0 Å². The van der Waals surface area contributed by atoms with Crippen LogP contribution < -0.4 is 0 Å². The van der Waals surface area contributed by atoms with E-state index in [0.717, 1.165) is 76.5 Å². The number of piperazine rings is 1. The molecule has 152 valence electrons. The highest BCUT2D eigenvalue weighted by Crippen LogP contribution is 2.11. The molecular formula is C22H33N5O. The molecule has 1 saturated heterocycles. The maximum atomic E-state index is 13.1. The van der Waals surface area contributed by atoms with Gasteiger partial charge in [-0.25, -0.2) is 4.98 Å². The Kier molecular flexibility index (Phi) is 7.62. The first-order valence-electron chi connectivity index (χ1n) is 10.5. The molecule has 1 amide bonds. The van der Waals surface area contributed by atoms with Gasteiger partial charge in [0.15, 0.2) is 0 Å². The Morgan fingerprint density at radius 3 is 2.57 bits per heavy atom. The molecular weight excluding hydrogens is 350 g/mol. The molecule has 1 aliphatic rings. The van der Waals surface area contributed by atoms with E-state index in [2.05, 4.69) is 34.7 Å². The summed E-state index contributed by atoms with van der Waals surface area (Å²) in [5, 5.41) is 0. The van der Waals surface area contributed by atoms with Crippen molar-refractivity contribution < 1.29 is 4.79 Å². The Balaban J connectivity index is 1.59. The fraction of sp³-hybridized carbons (Fsp3) is 0.545. The van der Waals surface area contributed by atoms with Gasteiger partial charge in [0, 0.05) is 70.3 Å². The summed E-state index contributed by atoms with van der Waals surface area (Å²) < 4.78 is 2.02. The van der Waals surface area contributed by atoms with E-state index in [9.17, 15) is 4.79 Å². The maximum Gasteiger partial charge on any atom is 0.253 e. The Hall–Kier alpha value is -2.18. The molecule has 0 N–H and O–H groups in total. The first-order chi connectivity index (χ1) is 13.7. The van der Waals surface area contributed by atoms with Gasteiger partial charge < -0.3 is 14.4 Å². The molecule has 1 aromatic heterocycles. The highest BCUT2D eigenvalue weighted by molar-refractivity contribution is 5.94. The van der Waals surface area contributed by atoms with Crippen LogP contribution in [0.2, 0.25) is 0 Å². The predicted octanol–water partition coefficient (Wildman–Crippen LogP) is 2.42. The molecule has 1 fully saturated rings. The molecule has 1 aliphatic heterocycles. The Morgan fingerprint density at radius 2 is 1.89 bits per heavy atom. The van der Waals surface area contributed by atoms with E-state index in [0.29, 0.717) is 0 Å². The number of benzene rings is 1. The number of hydrogen-bond donors (Lipinski definition) is 0. The van der Waals surface area contributed by atoms with E-state index < -0.39 is 0 Å². The monoisotopic (exact) mass is 383 g/mol. The van der Waals surface area contributed by atoms with Crippen LogP contribution in [0.5, 0.6) is 0 Å². The molecule has 0 unspecified atom stereocenters. The van der Waals surface area contributed by atoms with Crippen molar-refractivity contribution in [2.24, 2.45) is 0 Å². The number of carbonyl (C=O) groups is 1. The lowest BCUT2D eigenvalue weighted by molar-refractivity contribution is 0.0708. The van der Waals surface area contributed by atoms with Crippen molar-refractivity contribution in [2.75, 3.05) is 52.4 Å². The zero-order valence-electron chi connectivity index (χ0n) is 17.3. The van der Waals surface area contributed by atoms with Crippen molar-refractivity contribution in [3.63, 3.8) is 0 Å². The van der Waals surface area contributed by atoms with Crippen molar-refractivity contribution >= 4 is 5.91 Å². The lowest BCUT2D eigenvalue weighted by Gasteiger charge is -2.35. The number of aromatic nitrogens is 2. The van der Waals surface area contributed by atoms with Crippen LogP contribution in [0.4, 0.5) is 0 Å². The van der Waals surface area contributed by atoms with Crippen LogP contribution in [-0.4, -0.2) is 82.5 Å². The van der Waals surface area contributed by atoms with Gasteiger partial charge in [0.25, 0.3) is 5.91 Å². The molecule has 2 heterocycles. The second-order valence-electron chi connectivity index (χ2n) is 7.50. The van der Waals surface area contributed by atoms with E-state index in [4.69, 9.17) is 0 Å². The summed E-state index contributed by atoms with van der Waals surface area (Å²) in [5.41, 5.74) is 1.90. The van der Waals surface area contributed by atoms with Crippen molar-refractivity contribution in [1.82, 2.24) is 24.3 Å². The van der Waals surface area contributed by atoms with E-state index in [-0.39, 0.29) is 5.91 Å². The summed E-state index contributed by atoms with van der Waals surface area (Å²) in [6.07, 6.45) is 6.49. The highest BCUT2D eigenvalue weighted by Gasteiger charge is 2.19. The van der Waals surface area contributed by atoms with Crippen molar-refractivity contribution in [3.8, 4) is 0 Å². The van der Waals surface area contributed by atoms with Gasteiger partial charge >= 0.3 is 0 Å². The number of imidazole rings is 1. The summed E-state index contributed by atoms with van der Waals surface area (Å²) in [7, 11) is 0. The predicted molar refractivity (Wildman–Crippen MR) is 113 cm³/mol. The van der Waals surface area contributed by atoms with Crippen molar-refractivity contribution in [3.05, 3.63) is 54.1 Å². The lowest BCUT2D eigenvalue weighted by Crippen LogP contribution is -2.48. The smallest absolute Gasteiger partial charge is 0.253 e. The summed E-state index contributed by atoms with van der Waals surface area (Å²) in [5.74, 6) is 0.140. The Bertz CT molecular complexity index is 722. The van der Waals surface area contributed by atoms with Gasteiger partial charge in [0.1, 0.15) is 0 Å². The minimum atomic E-state index is 0.140. The Labute approximate surface area is 168 Å². The van der Waals surface area contributed by atoms with Crippen LogP contribution in [0.25, 0.3) is 0 Å². The van der Waals surface area contributed by atoms with Gasteiger partial charge in [-0.3, -0.25) is 9.69 Å². The number of likely N-dealkylation sites (N-methyl/N-ethyl adjacent to an activating group) is 1. The molecule has 1 aromatic carbocycles. The molecule has 0 bridgehead atoms. The summed E-state index contributed by atoms with van der Waals surface area (Å²) in [6.45, 7) is 13.2. The quantitative estimate of drug-likeness (QED) is 0.667. The zero-order valence-corrected chi connectivity index (χ0v) is 17.3. The average Bonchev–Trinajstić information content (AvgIpc) is 3.24. The number of carbonyl (C=O) groups excluding carboxylic acids is 1. The topological polar surface area (TPSA) is 44.6 Å². The van der Waals surface area contributed by atoms with E-state index in [1.165, 1.54) is 0 Å². The normalized spacial score (nSPS) is 15.6. The zero-order chi connectivity index (χ0) is 19.8. The molecule has 28 heavy (non-hydrogen) atoms. The van der Waals surface area contributed by atoms with Crippen LogP contribution in [-0.2, 0) is 6.54 Å². The van der Waals surface area contributed by atoms with Gasteiger partial charge in [-0.1, -0.05) is 26.0 Å². The van der Waals surface area contributed by atoms with Crippen LogP contribution >= 0.6 is 0 Å². The van der Waals surface area contributed by atoms with Crippen molar-refractivity contribution in [1.29, 1.82) is 0 Å². The second kappa shape index (κ2) is 10.4. The fourth-order valence-electron chi connectivity index (χ4n) is 3.75.